The fourth-order valence-corrected chi connectivity index (χ4v) is 4.32. The normalized spacial score (nSPS) is 18.1. The van der Waals surface area contributed by atoms with Crippen molar-refractivity contribution in [2.24, 2.45) is 0 Å². The average molecular weight is 409 g/mol. The summed E-state index contributed by atoms with van der Waals surface area (Å²) in [6, 6.07) is 23.8. The van der Waals surface area contributed by atoms with Gasteiger partial charge in [0.1, 0.15) is 5.82 Å². The van der Waals surface area contributed by atoms with Crippen molar-refractivity contribution in [3.8, 4) is 0 Å². The highest BCUT2D eigenvalue weighted by atomic mass is 35.5. The lowest BCUT2D eigenvalue weighted by molar-refractivity contribution is -0.00909. The van der Waals surface area contributed by atoms with Gasteiger partial charge in [0, 0.05) is 31.2 Å². The molecule has 0 aromatic heterocycles. The minimum atomic E-state index is -0.195. The fourth-order valence-electron chi connectivity index (χ4n) is 4.12. The molecular weight excluding hydrogens is 383 g/mol. The third kappa shape index (κ3) is 5.05. The number of rotatable bonds is 5. The lowest BCUT2D eigenvalue weighted by atomic mass is 10.0. The molecule has 0 bridgehead atoms. The number of nitrogens with zero attached hydrogens (tertiary/aromatic N) is 2. The van der Waals surface area contributed by atoms with Crippen molar-refractivity contribution in [3.05, 3.63) is 106 Å². The molecule has 1 fully saturated rings. The molecule has 0 amide bonds. The summed E-state index contributed by atoms with van der Waals surface area (Å²) < 4.78 is 13.3. The van der Waals surface area contributed by atoms with Crippen molar-refractivity contribution in [2.75, 3.05) is 13.1 Å². The van der Waals surface area contributed by atoms with Crippen molar-refractivity contribution in [1.29, 1.82) is 0 Å². The molecule has 2 nitrogen and oxygen atoms in total. The molecule has 29 heavy (non-hydrogen) atoms. The highest BCUT2D eigenvalue weighted by molar-refractivity contribution is 6.30. The lowest BCUT2D eigenvalue weighted by Gasteiger charge is -2.44. The Morgan fingerprint density at radius 3 is 2.03 bits per heavy atom. The average Bonchev–Trinajstić information content (AvgIpc) is 2.72. The van der Waals surface area contributed by atoms with E-state index in [0.717, 1.165) is 43.2 Å². The van der Waals surface area contributed by atoms with Crippen LogP contribution in [0.4, 0.5) is 4.39 Å². The summed E-state index contributed by atoms with van der Waals surface area (Å²) in [4.78, 5) is 4.99. The van der Waals surface area contributed by atoms with Gasteiger partial charge in [0.05, 0.1) is 6.17 Å². The maximum atomic E-state index is 13.3. The highest BCUT2D eigenvalue weighted by Crippen LogP contribution is 2.33. The Labute approximate surface area is 177 Å². The molecule has 1 saturated heterocycles. The van der Waals surface area contributed by atoms with Gasteiger partial charge in [0.25, 0.3) is 0 Å². The quantitative estimate of drug-likeness (QED) is 0.496. The molecule has 0 saturated carbocycles. The Balaban J connectivity index is 1.63. The Morgan fingerprint density at radius 1 is 0.862 bits per heavy atom. The smallest absolute Gasteiger partial charge is 0.123 e. The van der Waals surface area contributed by atoms with E-state index in [1.54, 1.807) is 0 Å². The topological polar surface area (TPSA) is 6.48 Å². The van der Waals surface area contributed by atoms with E-state index in [-0.39, 0.29) is 12.0 Å². The predicted molar refractivity (Wildman–Crippen MR) is 117 cm³/mol. The van der Waals surface area contributed by atoms with Crippen molar-refractivity contribution < 1.29 is 4.39 Å². The molecule has 150 valence electrons. The first-order chi connectivity index (χ1) is 14.1. The first kappa shape index (κ1) is 20.1. The Kier molecular flexibility index (Phi) is 6.29. The van der Waals surface area contributed by atoms with E-state index in [1.165, 1.54) is 28.8 Å². The Bertz CT molecular complexity index is 884. The summed E-state index contributed by atoms with van der Waals surface area (Å²) in [6.45, 7) is 5.81. The Hall–Kier alpha value is -2.20. The molecule has 0 N–H and O–H groups in total. The van der Waals surface area contributed by atoms with Crippen molar-refractivity contribution in [2.45, 2.75) is 32.6 Å². The molecule has 1 atom stereocenters. The van der Waals surface area contributed by atoms with Gasteiger partial charge in [-0.25, -0.2) is 4.39 Å². The third-order valence-corrected chi connectivity index (χ3v) is 5.77. The summed E-state index contributed by atoms with van der Waals surface area (Å²) in [7, 11) is 0. The molecule has 4 heteroatoms. The van der Waals surface area contributed by atoms with Gasteiger partial charge in [0.2, 0.25) is 0 Å². The summed E-state index contributed by atoms with van der Waals surface area (Å²) in [5.41, 5.74) is 4.91. The van der Waals surface area contributed by atoms with Crippen LogP contribution >= 0.6 is 11.6 Å². The van der Waals surface area contributed by atoms with Gasteiger partial charge < -0.3 is 0 Å². The van der Waals surface area contributed by atoms with E-state index < -0.39 is 0 Å². The molecule has 3 aromatic carbocycles. The molecule has 4 rings (SSSR count). The second kappa shape index (κ2) is 9.08. The van der Waals surface area contributed by atoms with Crippen LogP contribution in [0.25, 0.3) is 0 Å². The van der Waals surface area contributed by atoms with Crippen LogP contribution in [0, 0.1) is 12.7 Å². The molecule has 1 heterocycles. The van der Waals surface area contributed by atoms with Crippen LogP contribution in [0.3, 0.4) is 0 Å². The zero-order valence-electron chi connectivity index (χ0n) is 16.7. The molecule has 0 spiro atoms. The van der Waals surface area contributed by atoms with Crippen LogP contribution in [0.1, 0.15) is 34.8 Å². The molecule has 3 aromatic rings. The number of hydrogen-bond acceptors (Lipinski definition) is 2. The lowest BCUT2D eigenvalue weighted by Crippen LogP contribution is -2.46. The monoisotopic (exact) mass is 408 g/mol. The van der Waals surface area contributed by atoms with E-state index in [9.17, 15) is 4.39 Å². The van der Waals surface area contributed by atoms with Crippen LogP contribution in [0.5, 0.6) is 0 Å². The number of aryl methyl sites for hydroxylation is 1. The van der Waals surface area contributed by atoms with Gasteiger partial charge in [-0.1, -0.05) is 65.7 Å². The zero-order valence-corrected chi connectivity index (χ0v) is 17.4. The number of halogens is 2. The SMILES string of the molecule is Cc1ccc(CN2CCCN(Cc3ccc(F)cc3)[C@H]2c2cccc(Cl)c2)cc1. The summed E-state index contributed by atoms with van der Waals surface area (Å²) >= 11 is 6.34. The second-order valence-electron chi connectivity index (χ2n) is 7.84. The number of benzene rings is 3. The van der Waals surface area contributed by atoms with E-state index in [1.807, 2.05) is 24.3 Å². The van der Waals surface area contributed by atoms with Gasteiger partial charge >= 0.3 is 0 Å². The van der Waals surface area contributed by atoms with E-state index in [0.29, 0.717) is 0 Å². The van der Waals surface area contributed by atoms with E-state index >= 15 is 0 Å². The molecule has 0 unspecified atom stereocenters. The van der Waals surface area contributed by atoms with Gasteiger partial charge in [-0.3, -0.25) is 9.80 Å². The highest BCUT2D eigenvalue weighted by Gasteiger charge is 2.30. The summed E-state index contributed by atoms with van der Waals surface area (Å²) in [5, 5.41) is 0.755. The Morgan fingerprint density at radius 2 is 1.45 bits per heavy atom. The standard InChI is InChI=1S/C25H26ClFN2/c1-19-6-8-20(9-7-19)17-28-14-3-15-29(18-21-10-12-24(27)13-11-21)25(28)22-4-2-5-23(26)16-22/h2,4-13,16,25H,3,14-15,17-18H2,1H3/t25-/m0/s1. The molecule has 1 aliphatic rings. The summed E-state index contributed by atoms with van der Waals surface area (Å²) in [6.07, 6.45) is 1.23. The minimum Gasteiger partial charge on any atom is -0.280 e. The van der Waals surface area contributed by atoms with Crippen molar-refractivity contribution in [1.82, 2.24) is 9.80 Å². The summed E-state index contributed by atoms with van der Waals surface area (Å²) in [5.74, 6) is -0.195. The zero-order chi connectivity index (χ0) is 20.2. The van der Waals surface area contributed by atoms with Crippen LogP contribution in [0.2, 0.25) is 5.02 Å². The third-order valence-electron chi connectivity index (χ3n) is 5.53. The van der Waals surface area contributed by atoms with Gasteiger partial charge in [-0.05, 0) is 54.3 Å². The first-order valence-corrected chi connectivity index (χ1v) is 10.5. The molecule has 0 radical (unpaired) electrons. The van der Waals surface area contributed by atoms with E-state index in [4.69, 9.17) is 11.6 Å². The second-order valence-corrected chi connectivity index (χ2v) is 8.27. The predicted octanol–water partition coefficient (Wildman–Crippen LogP) is 6.19. The van der Waals surface area contributed by atoms with Crippen LogP contribution < -0.4 is 0 Å². The maximum Gasteiger partial charge on any atom is 0.123 e. The van der Waals surface area contributed by atoms with Crippen LogP contribution in [0.15, 0.2) is 72.8 Å². The molecular formula is C25H26ClFN2. The molecule has 1 aliphatic heterocycles. The van der Waals surface area contributed by atoms with Crippen molar-refractivity contribution >= 4 is 11.6 Å². The maximum absolute atomic E-state index is 13.3. The van der Waals surface area contributed by atoms with Crippen molar-refractivity contribution in [3.63, 3.8) is 0 Å². The van der Waals surface area contributed by atoms with Gasteiger partial charge in [-0.2, -0.15) is 0 Å². The molecule has 0 aliphatic carbocycles. The van der Waals surface area contributed by atoms with Gasteiger partial charge in [0.15, 0.2) is 0 Å². The van der Waals surface area contributed by atoms with Gasteiger partial charge in [-0.15, -0.1) is 0 Å². The van der Waals surface area contributed by atoms with Crippen LogP contribution in [-0.4, -0.2) is 22.9 Å². The fraction of sp³-hybridized carbons (Fsp3) is 0.280. The number of hydrogen-bond donors (Lipinski definition) is 0. The van der Waals surface area contributed by atoms with E-state index in [2.05, 4.69) is 53.1 Å². The van der Waals surface area contributed by atoms with Crippen LogP contribution in [-0.2, 0) is 13.1 Å². The minimum absolute atomic E-state index is 0.133. The first-order valence-electron chi connectivity index (χ1n) is 10.1. The largest absolute Gasteiger partial charge is 0.280 e.